The molecule has 1 heterocycles. The summed E-state index contributed by atoms with van der Waals surface area (Å²) in [7, 11) is 1.33. The summed E-state index contributed by atoms with van der Waals surface area (Å²) in [6, 6.07) is 0. The smallest absolute Gasteiger partial charge is 0.357 e. The molecule has 0 aliphatic rings. The second kappa shape index (κ2) is 7.89. The lowest BCUT2D eigenvalue weighted by Gasteiger charge is -2.20. The molecule has 0 N–H and O–H groups in total. The predicted molar refractivity (Wildman–Crippen MR) is 74.1 cm³/mol. The van der Waals surface area contributed by atoms with Gasteiger partial charge in [-0.05, 0) is 12.8 Å². The standard InChI is InChI=1S/C13H20N2O3S/c1-4-6-12(16)15(7-5-2)8-11-14-10(9-19-11)13(17)18-3/h9H,4-8H2,1-3H3. The molecule has 1 aromatic rings. The minimum atomic E-state index is -0.440. The lowest BCUT2D eigenvalue weighted by atomic mass is 10.3. The molecule has 0 saturated carbocycles. The Morgan fingerprint density at radius 3 is 2.68 bits per heavy atom. The van der Waals surface area contributed by atoms with Crippen LogP contribution in [0.2, 0.25) is 0 Å². The molecule has 0 fully saturated rings. The number of carbonyl (C=O) groups is 2. The summed E-state index contributed by atoms with van der Waals surface area (Å²) in [4.78, 5) is 29.3. The number of carbonyl (C=O) groups excluding carboxylic acids is 2. The molecular formula is C13H20N2O3S. The lowest BCUT2D eigenvalue weighted by molar-refractivity contribution is -0.131. The molecule has 0 radical (unpaired) electrons. The molecule has 0 aliphatic heterocycles. The van der Waals surface area contributed by atoms with Crippen LogP contribution in [0.25, 0.3) is 0 Å². The first-order valence-corrected chi connectivity index (χ1v) is 7.30. The Morgan fingerprint density at radius 1 is 1.37 bits per heavy atom. The van der Waals surface area contributed by atoms with Gasteiger partial charge in [0.15, 0.2) is 5.69 Å². The molecule has 0 spiro atoms. The van der Waals surface area contributed by atoms with Crippen LogP contribution in [0.15, 0.2) is 5.38 Å². The number of esters is 1. The molecule has 1 amide bonds. The fourth-order valence-corrected chi connectivity index (χ4v) is 2.46. The second-order valence-electron chi connectivity index (χ2n) is 4.18. The summed E-state index contributed by atoms with van der Waals surface area (Å²) in [5.74, 6) is -0.302. The Balaban J connectivity index is 2.70. The van der Waals surface area contributed by atoms with E-state index in [0.717, 1.165) is 17.8 Å². The SMILES string of the molecule is CCCC(=O)N(CCC)Cc1nc(C(=O)OC)cs1. The van der Waals surface area contributed by atoms with E-state index in [4.69, 9.17) is 0 Å². The Hall–Kier alpha value is -1.43. The van der Waals surface area contributed by atoms with Gasteiger partial charge in [0.05, 0.1) is 13.7 Å². The van der Waals surface area contributed by atoms with Crippen molar-refractivity contribution in [3.63, 3.8) is 0 Å². The molecule has 0 unspecified atom stereocenters. The highest BCUT2D eigenvalue weighted by molar-refractivity contribution is 7.09. The van der Waals surface area contributed by atoms with Crippen molar-refractivity contribution in [3.8, 4) is 0 Å². The van der Waals surface area contributed by atoms with Crippen molar-refractivity contribution < 1.29 is 14.3 Å². The summed E-state index contributed by atoms with van der Waals surface area (Å²) >= 11 is 1.38. The summed E-state index contributed by atoms with van der Waals surface area (Å²) in [5.41, 5.74) is 0.307. The largest absolute Gasteiger partial charge is 0.464 e. The fourth-order valence-electron chi connectivity index (χ4n) is 1.68. The quantitative estimate of drug-likeness (QED) is 0.722. The number of ether oxygens (including phenoxy) is 1. The second-order valence-corrected chi connectivity index (χ2v) is 5.13. The molecule has 1 aromatic heterocycles. The molecular weight excluding hydrogens is 264 g/mol. The van der Waals surface area contributed by atoms with Gasteiger partial charge in [-0.1, -0.05) is 13.8 Å². The first-order chi connectivity index (χ1) is 9.12. The Bertz CT molecular complexity index is 431. The van der Waals surface area contributed by atoms with Crippen LogP contribution in [0.1, 0.15) is 48.6 Å². The van der Waals surface area contributed by atoms with Gasteiger partial charge in [-0.25, -0.2) is 9.78 Å². The summed E-state index contributed by atoms with van der Waals surface area (Å²) < 4.78 is 4.61. The third-order valence-corrected chi connectivity index (χ3v) is 3.42. The van der Waals surface area contributed by atoms with Crippen molar-refractivity contribution in [1.82, 2.24) is 9.88 Å². The summed E-state index contributed by atoms with van der Waals surface area (Å²) in [6.07, 6.45) is 2.30. The van der Waals surface area contributed by atoms with Crippen LogP contribution >= 0.6 is 11.3 Å². The monoisotopic (exact) mass is 284 g/mol. The first-order valence-electron chi connectivity index (χ1n) is 6.42. The summed E-state index contributed by atoms with van der Waals surface area (Å²) in [5, 5.41) is 2.42. The van der Waals surface area contributed by atoms with E-state index in [1.807, 2.05) is 13.8 Å². The van der Waals surface area contributed by atoms with Crippen LogP contribution in [0.3, 0.4) is 0 Å². The van der Waals surface area contributed by atoms with Gasteiger partial charge in [0.1, 0.15) is 5.01 Å². The van der Waals surface area contributed by atoms with Crippen molar-refractivity contribution in [2.75, 3.05) is 13.7 Å². The predicted octanol–water partition coefficient (Wildman–Crippen LogP) is 2.47. The van der Waals surface area contributed by atoms with Crippen LogP contribution in [-0.4, -0.2) is 35.4 Å². The van der Waals surface area contributed by atoms with Crippen LogP contribution in [0.4, 0.5) is 0 Å². The fraction of sp³-hybridized carbons (Fsp3) is 0.615. The van der Waals surface area contributed by atoms with Crippen LogP contribution in [-0.2, 0) is 16.1 Å². The average Bonchev–Trinajstić information content (AvgIpc) is 2.86. The number of methoxy groups -OCH3 is 1. The van der Waals surface area contributed by atoms with E-state index in [1.165, 1.54) is 18.4 Å². The van der Waals surface area contributed by atoms with Crippen molar-refractivity contribution in [2.45, 2.75) is 39.7 Å². The van der Waals surface area contributed by atoms with E-state index >= 15 is 0 Å². The minimum Gasteiger partial charge on any atom is -0.464 e. The third kappa shape index (κ3) is 4.63. The molecule has 106 valence electrons. The van der Waals surface area contributed by atoms with E-state index in [1.54, 1.807) is 10.3 Å². The van der Waals surface area contributed by atoms with Gasteiger partial charge in [0, 0.05) is 18.3 Å². The van der Waals surface area contributed by atoms with Gasteiger partial charge in [-0.2, -0.15) is 0 Å². The highest BCUT2D eigenvalue weighted by atomic mass is 32.1. The van der Waals surface area contributed by atoms with E-state index in [2.05, 4.69) is 9.72 Å². The molecule has 0 atom stereocenters. The van der Waals surface area contributed by atoms with Gasteiger partial charge in [-0.15, -0.1) is 11.3 Å². The Morgan fingerprint density at radius 2 is 2.11 bits per heavy atom. The van der Waals surface area contributed by atoms with Crippen molar-refractivity contribution in [1.29, 1.82) is 0 Å². The number of aromatic nitrogens is 1. The van der Waals surface area contributed by atoms with E-state index in [-0.39, 0.29) is 5.91 Å². The van der Waals surface area contributed by atoms with E-state index in [0.29, 0.717) is 25.2 Å². The van der Waals surface area contributed by atoms with Gasteiger partial charge < -0.3 is 9.64 Å². The maximum atomic E-state index is 11.9. The van der Waals surface area contributed by atoms with Crippen molar-refractivity contribution in [2.24, 2.45) is 0 Å². The lowest BCUT2D eigenvalue weighted by Crippen LogP contribution is -2.30. The Kier molecular flexibility index (Phi) is 6.49. The van der Waals surface area contributed by atoms with Gasteiger partial charge >= 0.3 is 5.97 Å². The van der Waals surface area contributed by atoms with Crippen LogP contribution < -0.4 is 0 Å². The third-order valence-electron chi connectivity index (χ3n) is 2.58. The number of hydrogen-bond acceptors (Lipinski definition) is 5. The zero-order valence-electron chi connectivity index (χ0n) is 11.6. The number of rotatable bonds is 7. The van der Waals surface area contributed by atoms with Gasteiger partial charge in [0.25, 0.3) is 0 Å². The van der Waals surface area contributed by atoms with Crippen molar-refractivity contribution >= 4 is 23.2 Å². The Labute approximate surface area is 117 Å². The number of hydrogen-bond donors (Lipinski definition) is 0. The number of amides is 1. The van der Waals surface area contributed by atoms with Gasteiger partial charge in [0.2, 0.25) is 5.91 Å². The first kappa shape index (κ1) is 15.6. The molecule has 0 bridgehead atoms. The zero-order valence-corrected chi connectivity index (χ0v) is 12.5. The highest BCUT2D eigenvalue weighted by Crippen LogP contribution is 2.14. The molecule has 5 nitrogen and oxygen atoms in total. The number of thiazole rings is 1. The molecule has 19 heavy (non-hydrogen) atoms. The molecule has 0 aromatic carbocycles. The zero-order chi connectivity index (χ0) is 14.3. The molecule has 6 heteroatoms. The average molecular weight is 284 g/mol. The maximum Gasteiger partial charge on any atom is 0.357 e. The normalized spacial score (nSPS) is 10.3. The molecule has 0 saturated heterocycles. The summed E-state index contributed by atoms with van der Waals surface area (Å²) in [6.45, 7) is 5.20. The van der Waals surface area contributed by atoms with Crippen LogP contribution in [0, 0.1) is 0 Å². The van der Waals surface area contributed by atoms with Gasteiger partial charge in [-0.3, -0.25) is 4.79 Å². The van der Waals surface area contributed by atoms with E-state index < -0.39 is 5.97 Å². The molecule has 0 aliphatic carbocycles. The maximum absolute atomic E-state index is 11.9. The molecule has 1 rings (SSSR count). The van der Waals surface area contributed by atoms with E-state index in [9.17, 15) is 9.59 Å². The number of nitrogens with zero attached hydrogens (tertiary/aromatic N) is 2. The topological polar surface area (TPSA) is 59.5 Å². The highest BCUT2D eigenvalue weighted by Gasteiger charge is 2.16. The van der Waals surface area contributed by atoms with Crippen molar-refractivity contribution in [3.05, 3.63) is 16.1 Å². The van der Waals surface area contributed by atoms with Crippen LogP contribution in [0.5, 0.6) is 0 Å². The minimum absolute atomic E-state index is 0.138.